The first-order valence-electron chi connectivity index (χ1n) is 10.3. The highest BCUT2D eigenvalue weighted by atomic mass is 16.7. The van der Waals surface area contributed by atoms with Crippen molar-refractivity contribution in [1.29, 1.82) is 0 Å². The van der Waals surface area contributed by atoms with Gasteiger partial charge in [-0.15, -0.1) is 0 Å². The second-order valence-electron chi connectivity index (χ2n) is 7.68. The Hall–Kier alpha value is -2.24. The number of hydrogen-bond donors (Lipinski definition) is 5. The highest BCUT2D eigenvalue weighted by Crippen LogP contribution is 2.23. The number of hydrogen-bond acceptors (Lipinski definition) is 9. The Labute approximate surface area is 180 Å². The lowest BCUT2D eigenvalue weighted by Crippen LogP contribution is -2.60. The van der Waals surface area contributed by atoms with Crippen LogP contribution >= 0.6 is 0 Å². The normalized spacial score (nSPS) is 27.1. The summed E-state index contributed by atoms with van der Waals surface area (Å²) in [6.45, 7) is 5.46. The van der Waals surface area contributed by atoms with Crippen molar-refractivity contribution in [2.45, 2.75) is 69.9 Å². The van der Waals surface area contributed by atoms with Crippen LogP contribution in [0.1, 0.15) is 32.3 Å². The molecule has 0 aromatic heterocycles. The molecule has 1 aliphatic rings. The molecule has 0 bridgehead atoms. The van der Waals surface area contributed by atoms with E-state index in [-0.39, 0.29) is 18.2 Å². The van der Waals surface area contributed by atoms with Crippen molar-refractivity contribution in [2.24, 2.45) is 0 Å². The summed E-state index contributed by atoms with van der Waals surface area (Å²) in [4.78, 5) is 25.4. The van der Waals surface area contributed by atoms with E-state index in [1.165, 1.54) is 0 Å². The summed E-state index contributed by atoms with van der Waals surface area (Å²) in [5, 5.41) is 47.8. The van der Waals surface area contributed by atoms with Crippen LogP contribution in [0.5, 0.6) is 5.75 Å². The van der Waals surface area contributed by atoms with E-state index in [0.29, 0.717) is 13.0 Å². The molecule has 1 fully saturated rings. The van der Waals surface area contributed by atoms with Crippen LogP contribution in [0.25, 0.3) is 0 Å². The van der Waals surface area contributed by atoms with Gasteiger partial charge in [0.05, 0.1) is 0 Å². The monoisotopic (exact) mass is 441 g/mol. The lowest BCUT2D eigenvalue weighted by molar-refractivity contribution is -0.286. The van der Waals surface area contributed by atoms with Gasteiger partial charge in [0, 0.05) is 12.5 Å². The molecule has 1 aromatic rings. The second-order valence-corrected chi connectivity index (χ2v) is 7.68. The van der Waals surface area contributed by atoms with E-state index in [1.807, 2.05) is 19.1 Å². The molecule has 31 heavy (non-hydrogen) atoms. The summed E-state index contributed by atoms with van der Waals surface area (Å²) in [5.74, 6) is -2.04. The minimum Gasteiger partial charge on any atom is -0.508 e. The molecule has 3 unspecified atom stereocenters. The van der Waals surface area contributed by atoms with Crippen LogP contribution in [-0.2, 0) is 25.5 Å². The first-order valence-corrected chi connectivity index (χ1v) is 10.3. The lowest BCUT2D eigenvalue weighted by Gasteiger charge is -2.38. The Morgan fingerprint density at radius 2 is 1.77 bits per heavy atom. The van der Waals surface area contributed by atoms with Gasteiger partial charge >= 0.3 is 11.9 Å². The Morgan fingerprint density at radius 1 is 1.13 bits per heavy atom. The topological polar surface area (TPSA) is 157 Å². The summed E-state index contributed by atoms with van der Waals surface area (Å²) < 4.78 is 9.94. The quantitative estimate of drug-likeness (QED) is 0.310. The summed E-state index contributed by atoms with van der Waals surface area (Å²) in [6, 6.07) is 7.20. The highest BCUT2D eigenvalue weighted by Gasteiger charge is 2.48. The molecule has 0 radical (unpaired) electrons. The molecule has 10 nitrogen and oxygen atoms in total. The van der Waals surface area contributed by atoms with Gasteiger partial charge in [0.25, 0.3) is 0 Å². The van der Waals surface area contributed by atoms with Gasteiger partial charge in [-0.2, -0.15) is 0 Å². The molecule has 1 aromatic carbocycles. The summed E-state index contributed by atoms with van der Waals surface area (Å²) in [7, 11) is 0. The third-order valence-electron chi connectivity index (χ3n) is 5.38. The predicted octanol–water partition coefficient (Wildman–Crippen LogP) is -0.139. The van der Waals surface area contributed by atoms with Crippen LogP contribution in [0, 0.1) is 0 Å². The van der Waals surface area contributed by atoms with Gasteiger partial charge in [0.15, 0.2) is 6.10 Å². The minimum absolute atomic E-state index is 0.00535. The molecular weight excluding hydrogens is 410 g/mol. The zero-order valence-electron chi connectivity index (χ0n) is 17.6. The number of aliphatic hydroxyl groups excluding tert-OH is 3. The molecule has 1 saturated heterocycles. The molecular formula is C21H31NO9. The zero-order chi connectivity index (χ0) is 23.1. The van der Waals surface area contributed by atoms with Crippen LogP contribution in [0.15, 0.2) is 24.3 Å². The minimum atomic E-state index is -1.84. The van der Waals surface area contributed by atoms with Gasteiger partial charge in [0.2, 0.25) is 6.29 Å². The van der Waals surface area contributed by atoms with Gasteiger partial charge in [-0.3, -0.25) is 4.79 Å². The van der Waals surface area contributed by atoms with Crippen molar-refractivity contribution in [3.8, 4) is 5.75 Å². The maximum Gasteiger partial charge on any atom is 0.335 e. The number of carbonyl (C=O) groups is 2. The lowest BCUT2D eigenvalue weighted by atomic mass is 9.99. The molecule has 0 aliphatic carbocycles. The molecule has 0 amide bonds. The molecule has 10 heteroatoms. The molecule has 2 rings (SSSR count). The molecule has 5 N–H and O–H groups in total. The second kappa shape index (κ2) is 11.4. The number of likely N-dealkylation sites (N-methyl/N-ethyl adjacent to an activating group) is 1. The summed E-state index contributed by atoms with van der Waals surface area (Å²) >= 11 is 0. The number of rotatable bonds is 10. The number of benzene rings is 1. The van der Waals surface area contributed by atoms with Crippen molar-refractivity contribution in [3.63, 3.8) is 0 Å². The zero-order valence-corrected chi connectivity index (χ0v) is 17.6. The van der Waals surface area contributed by atoms with E-state index < -0.39 is 42.6 Å². The highest BCUT2D eigenvalue weighted by molar-refractivity contribution is 5.73. The van der Waals surface area contributed by atoms with E-state index in [4.69, 9.17) is 14.6 Å². The maximum absolute atomic E-state index is 12.1. The third-order valence-corrected chi connectivity index (χ3v) is 5.38. The van der Waals surface area contributed by atoms with E-state index in [1.54, 1.807) is 12.1 Å². The first kappa shape index (κ1) is 25.0. The number of ether oxygens (including phenoxy) is 2. The van der Waals surface area contributed by atoms with Crippen LogP contribution < -0.4 is 0 Å². The predicted molar refractivity (Wildman–Crippen MR) is 108 cm³/mol. The Kier molecular flexibility index (Phi) is 9.20. The van der Waals surface area contributed by atoms with Gasteiger partial charge < -0.3 is 39.9 Å². The van der Waals surface area contributed by atoms with Gasteiger partial charge in [-0.1, -0.05) is 19.1 Å². The van der Waals surface area contributed by atoms with Crippen molar-refractivity contribution >= 4 is 11.9 Å². The fraction of sp³-hybridized carbons (Fsp3) is 0.619. The number of aliphatic hydroxyl groups is 3. The fourth-order valence-electron chi connectivity index (χ4n) is 3.56. The van der Waals surface area contributed by atoms with E-state index >= 15 is 0 Å². The number of carbonyl (C=O) groups excluding carboxylic acids is 1. The molecule has 174 valence electrons. The third kappa shape index (κ3) is 6.88. The Balaban J connectivity index is 1.81. The van der Waals surface area contributed by atoms with E-state index in [9.17, 15) is 30.0 Å². The van der Waals surface area contributed by atoms with Crippen LogP contribution in [0.2, 0.25) is 0 Å². The van der Waals surface area contributed by atoms with Crippen LogP contribution in [0.3, 0.4) is 0 Å². The fourth-order valence-corrected chi connectivity index (χ4v) is 3.56. The maximum atomic E-state index is 12.1. The van der Waals surface area contributed by atoms with Crippen LogP contribution in [-0.4, -0.2) is 92.2 Å². The van der Waals surface area contributed by atoms with Crippen LogP contribution in [0.4, 0.5) is 0 Å². The largest absolute Gasteiger partial charge is 0.508 e. The number of phenolic OH excluding ortho intramolecular Hbond substituents is 1. The molecule has 0 saturated carbocycles. The molecule has 1 aliphatic heterocycles. The Bertz CT molecular complexity index is 726. The summed E-state index contributed by atoms with van der Waals surface area (Å²) in [6.07, 6.45) is -7.66. The van der Waals surface area contributed by atoms with Gasteiger partial charge in [-0.05, 0) is 50.6 Å². The first-order chi connectivity index (χ1) is 14.6. The molecule has 0 spiro atoms. The van der Waals surface area contributed by atoms with Crippen molar-refractivity contribution < 1.29 is 44.6 Å². The number of carboxylic acid groups (broad SMARTS) is 1. The number of aliphatic carboxylic acids is 1. The molecule has 1 heterocycles. The van der Waals surface area contributed by atoms with Crippen molar-refractivity contribution in [3.05, 3.63) is 29.8 Å². The van der Waals surface area contributed by atoms with E-state index in [2.05, 4.69) is 11.8 Å². The van der Waals surface area contributed by atoms with Crippen molar-refractivity contribution in [2.75, 3.05) is 13.1 Å². The summed E-state index contributed by atoms with van der Waals surface area (Å²) in [5.41, 5.74) is 1.08. The number of phenols is 1. The average molecular weight is 441 g/mol. The van der Waals surface area contributed by atoms with Crippen molar-refractivity contribution in [1.82, 2.24) is 4.90 Å². The van der Waals surface area contributed by atoms with E-state index in [0.717, 1.165) is 18.5 Å². The number of esters is 1. The standard InChI is InChI=1S/C21H31NO9/c1-3-22(12(2)11-13-6-8-14(23)9-7-13)10-4-5-15(24)30-21-18(27)16(25)17(26)19(31-21)20(28)29/h6-9,12,16-19,21,23,25-27H,3-5,10-11H2,1-2H3,(H,28,29)/t12?,16?,17-,18?,19-,21+/m0/s1. The smallest absolute Gasteiger partial charge is 0.335 e. The molecule has 6 atom stereocenters. The van der Waals surface area contributed by atoms with Gasteiger partial charge in [-0.25, -0.2) is 4.79 Å². The SMILES string of the molecule is CCN(CCCC(=O)O[C@@H]1O[C@H](C(=O)O)[C@@H](O)C(O)C1O)C(C)Cc1ccc(O)cc1. The number of carboxylic acids is 1. The average Bonchev–Trinajstić information content (AvgIpc) is 2.72. The number of nitrogens with zero attached hydrogens (tertiary/aromatic N) is 1. The number of aromatic hydroxyl groups is 1. The van der Waals surface area contributed by atoms with Gasteiger partial charge in [0.1, 0.15) is 24.1 Å². The Morgan fingerprint density at radius 3 is 2.35 bits per heavy atom.